The van der Waals surface area contributed by atoms with E-state index in [9.17, 15) is 0 Å². The second-order valence-corrected chi connectivity index (χ2v) is 6.03. The predicted molar refractivity (Wildman–Crippen MR) is 100.0 cm³/mol. The molecule has 1 aliphatic carbocycles. The molecule has 120 valence electrons. The lowest BCUT2D eigenvalue weighted by molar-refractivity contribution is 0.865. The topological polar surface area (TPSA) is 53.4 Å². The van der Waals surface area contributed by atoms with Crippen LogP contribution >= 0.6 is 0 Å². The molecule has 0 saturated heterocycles. The fourth-order valence-electron chi connectivity index (χ4n) is 3.21. The summed E-state index contributed by atoms with van der Waals surface area (Å²) < 4.78 is 1.86. The number of nitriles is 1. The van der Waals surface area contributed by atoms with Gasteiger partial charge in [-0.1, -0.05) is 48.5 Å². The van der Waals surface area contributed by atoms with Gasteiger partial charge in [-0.15, -0.1) is 5.10 Å². The molecule has 0 spiro atoms. The Kier molecular flexibility index (Phi) is 3.55. The maximum atomic E-state index is 9.13. The van der Waals surface area contributed by atoms with Crippen LogP contribution in [0.5, 0.6) is 0 Å². The largest absolute Gasteiger partial charge is 0.339 e. The van der Waals surface area contributed by atoms with E-state index in [1.807, 2.05) is 48.9 Å². The molecule has 4 rings (SSSR count). The standard InChI is InChI=1S/C21H16N4/c1-14-15(11-16(12-22)25(14)2)13-23-24-21-19-9-5-3-7-17(19)18-8-4-6-10-20(18)21/h3-11,13H,1-2H3/b23-13-. The molecule has 25 heavy (non-hydrogen) atoms. The molecule has 0 atom stereocenters. The van der Waals surface area contributed by atoms with E-state index in [2.05, 4.69) is 40.5 Å². The molecule has 1 heterocycles. The number of nitrogens with zero attached hydrogens (tertiary/aromatic N) is 4. The zero-order chi connectivity index (χ0) is 17.4. The van der Waals surface area contributed by atoms with Gasteiger partial charge in [0.2, 0.25) is 0 Å². The molecule has 0 N–H and O–H groups in total. The van der Waals surface area contributed by atoms with Crippen molar-refractivity contribution in [3.8, 4) is 17.2 Å². The highest BCUT2D eigenvalue weighted by Gasteiger charge is 2.23. The molecule has 0 amide bonds. The van der Waals surface area contributed by atoms with Gasteiger partial charge in [0.25, 0.3) is 0 Å². The Bertz CT molecular complexity index is 1030. The smallest absolute Gasteiger partial charge is 0.120 e. The molecule has 0 unspecified atom stereocenters. The Labute approximate surface area is 146 Å². The first-order valence-electron chi connectivity index (χ1n) is 8.07. The van der Waals surface area contributed by atoms with Crippen LogP contribution in [0, 0.1) is 18.3 Å². The molecule has 0 aliphatic heterocycles. The summed E-state index contributed by atoms with van der Waals surface area (Å²) in [6.45, 7) is 1.97. The molecule has 2 aromatic carbocycles. The number of aromatic nitrogens is 1. The number of rotatable bonds is 2. The van der Waals surface area contributed by atoms with Gasteiger partial charge >= 0.3 is 0 Å². The Hall–Kier alpha value is -3.45. The fourth-order valence-corrected chi connectivity index (χ4v) is 3.21. The highest BCUT2D eigenvalue weighted by molar-refractivity contribution is 6.24. The third-order valence-electron chi connectivity index (χ3n) is 4.70. The summed E-state index contributed by atoms with van der Waals surface area (Å²) in [5, 5.41) is 17.9. The van der Waals surface area contributed by atoms with Crippen LogP contribution in [0.3, 0.4) is 0 Å². The van der Waals surface area contributed by atoms with Crippen LogP contribution in [-0.2, 0) is 7.05 Å². The summed E-state index contributed by atoms with van der Waals surface area (Å²) in [6, 6.07) is 20.5. The van der Waals surface area contributed by atoms with Crippen LogP contribution in [-0.4, -0.2) is 16.5 Å². The molecule has 4 nitrogen and oxygen atoms in total. The summed E-state index contributed by atoms with van der Waals surface area (Å²) in [4.78, 5) is 0. The molecular weight excluding hydrogens is 308 g/mol. The Morgan fingerprint density at radius 2 is 1.52 bits per heavy atom. The minimum atomic E-state index is 0.614. The maximum absolute atomic E-state index is 9.13. The van der Waals surface area contributed by atoms with Crippen molar-refractivity contribution in [2.75, 3.05) is 0 Å². The summed E-state index contributed by atoms with van der Waals surface area (Å²) in [6.07, 6.45) is 1.72. The third kappa shape index (κ3) is 2.38. The zero-order valence-corrected chi connectivity index (χ0v) is 14.1. The average molecular weight is 324 g/mol. The van der Waals surface area contributed by atoms with Crippen molar-refractivity contribution in [3.05, 3.63) is 82.7 Å². The van der Waals surface area contributed by atoms with E-state index < -0.39 is 0 Å². The Morgan fingerprint density at radius 3 is 2.04 bits per heavy atom. The second kappa shape index (κ2) is 5.88. The van der Waals surface area contributed by atoms with Crippen molar-refractivity contribution in [1.29, 1.82) is 5.26 Å². The number of benzene rings is 2. The molecular formula is C21H16N4. The summed E-state index contributed by atoms with van der Waals surface area (Å²) in [5.41, 5.74) is 7.98. The molecule has 0 bridgehead atoms. The molecule has 1 aromatic heterocycles. The lowest BCUT2D eigenvalue weighted by Crippen LogP contribution is -1.97. The zero-order valence-electron chi connectivity index (χ0n) is 14.1. The third-order valence-corrected chi connectivity index (χ3v) is 4.70. The van der Waals surface area contributed by atoms with Crippen molar-refractivity contribution < 1.29 is 0 Å². The van der Waals surface area contributed by atoms with Gasteiger partial charge < -0.3 is 4.57 Å². The van der Waals surface area contributed by atoms with Gasteiger partial charge in [-0.25, -0.2) is 0 Å². The first-order chi connectivity index (χ1) is 12.2. The average Bonchev–Trinajstić information content (AvgIpc) is 3.12. The van der Waals surface area contributed by atoms with Gasteiger partial charge in [0.15, 0.2) is 0 Å². The van der Waals surface area contributed by atoms with Crippen LogP contribution in [0.2, 0.25) is 0 Å². The van der Waals surface area contributed by atoms with Gasteiger partial charge in [0, 0.05) is 29.4 Å². The van der Waals surface area contributed by atoms with Crippen LogP contribution in [0.15, 0.2) is 64.8 Å². The van der Waals surface area contributed by atoms with Crippen LogP contribution < -0.4 is 0 Å². The fraction of sp³-hybridized carbons (Fsp3) is 0.0952. The van der Waals surface area contributed by atoms with Crippen molar-refractivity contribution in [1.82, 2.24) is 4.57 Å². The number of fused-ring (bicyclic) bond motifs is 3. The van der Waals surface area contributed by atoms with E-state index in [0.717, 1.165) is 28.1 Å². The van der Waals surface area contributed by atoms with Crippen molar-refractivity contribution in [2.24, 2.45) is 17.3 Å². The highest BCUT2D eigenvalue weighted by atomic mass is 15.2. The van der Waals surface area contributed by atoms with Crippen LogP contribution in [0.1, 0.15) is 28.1 Å². The maximum Gasteiger partial charge on any atom is 0.120 e. The SMILES string of the molecule is Cc1c(/C=N\N=C2c3ccccc3-c3ccccc32)cc(C#N)n1C. The molecule has 0 fully saturated rings. The van der Waals surface area contributed by atoms with Gasteiger partial charge in [-0.05, 0) is 24.1 Å². The van der Waals surface area contributed by atoms with E-state index in [1.165, 1.54) is 11.1 Å². The van der Waals surface area contributed by atoms with Crippen molar-refractivity contribution in [2.45, 2.75) is 6.92 Å². The van der Waals surface area contributed by atoms with Crippen molar-refractivity contribution in [3.63, 3.8) is 0 Å². The summed E-state index contributed by atoms with van der Waals surface area (Å²) in [7, 11) is 1.88. The van der Waals surface area contributed by atoms with E-state index in [1.54, 1.807) is 6.21 Å². The van der Waals surface area contributed by atoms with Crippen LogP contribution in [0.25, 0.3) is 11.1 Å². The Balaban J connectivity index is 1.77. The normalized spacial score (nSPS) is 12.1. The van der Waals surface area contributed by atoms with Gasteiger partial charge in [0.05, 0.1) is 6.21 Å². The lowest BCUT2D eigenvalue weighted by Gasteiger charge is -1.98. The molecule has 1 aliphatic rings. The van der Waals surface area contributed by atoms with E-state index in [4.69, 9.17) is 5.26 Å². The quantitative estimate of drug-likeness (QED) is 0.405. The van der Waals surface area contributed by atoms with E-state index in [-0.39, 0.29) is 0 Å². The first-order valence-corrected chi connectivity index (χ1v) is 8.07. The molecule has 0 radical (unpaired) electrons. The summed E-state index contributed by atoms with van der Waals surface area (Å²) >= 11 is 0. The molecule has 4 heteroatoms. The first kappa shape index (κ1) is 15.1. The highest BCUT2D eigenvalue weighted by Crippen LogP contribution is 2.36. The monoisotopic (exact) mass is 324 g/mol. The Morgan fingerprint density at radius 1 is 0.960 bits per heavy atom. The van der Waals surface area contributed by atoms with Gasteiger partial charge in [-0.2, -0.15) is 10.4 Å². The minimum Gasteiger partial charge on any atom is -0.339 e. The predicted octanol–water partition coefficient (Wildman–Crippen LogP) is 4.06. The van der Waals surface area contributed by atoms with Crippen LogP contribution in [0.4, 0.5) is 0 Å². The lowest BCUT2D eigenvalue weighted by atomic mass is 10.1. The van der Waals surface area contributed by atoms with Gasteiger partial charge in [0.1, 0.15) is 17.5 Å². The molecule has 3 aromatic rings. The minimum absolute atomic E-state index is 0.614. The van der Waals surface area contributed by atoms with E-state index in [0.29, 0.717) is 5.69 Å². The van der Waals surface area contributed by atoms with E-state index >= 15 is 0 Å². The number of hydrogen-bond donors (Lipinski definition) is 0. The number of hydrogen-bond acceptors (Lipinski definition) is 3. The van der Waals surface area contributed by atoms with Crippen molar-refractivity contribution >= 4 is 11.9 Å². The second-order valence-electron chi connectivity index (χ2n) is 6.03. The molecule has 0 saturated carbocycles. The summed E-state index contributed by atoms with van der Waals surface area (Å²) in [5.74, 6) is 0. The van der Waals surface area contributed by atoms with Gasteiger partial charge in [-0.3, -0.25) is 0 Å².